The van der Waals surface area contributed by atoms with Gasteiger partial charge in [-0.25, -0.2) is 0 Å². The van der Waals surface area contributed by atoms with Gasteiger partial charge < -0.3 is 15.2 Å². The average Bonchev–Trinajstić information content (AvgIpc) is 2.37. The van der Waals surface area contributed by atoms with Gasteiger partial charge in [0.1, 0.15) is 0 Å². The predicted molar refractivity (Wildman–Crippen MR) is 71.1 cm³/mol. The summed E-state index contributed by atoms with van der Waals surface area (Å²) in [5, 5.41) is 0. The minimum Gasteiger partial charge on any atom is -0.370 e. The molecule has 1 aliphatic heterocycles. The number of unbranched alkanes of at least 4 members (excludes halogenated alkanes) is 5. The van der Waals surface area contributed by atoms with E-state index >= 15 is 0 Å². The molecule has 0 aromatic carbocycles. The van der Waals surface area contributed by atoms with E-state index in [2.05, 4.69) is 0 Å². The molecule has 0 radical (unpaired) electrons. The lowest BCUT2D eigenvalue weighted by atomic mass is 10.1. The zero-order chi connectivity index (χ0) is 13.1. The number of carbonyl (C=O) groups excluding carboxylic acids is 1. The van der Waals surface area contributed by atoms with Crippen LogP contribution in [0.3, 0.4) is 0 Å². The van der Waals surface area contributed by atoms with Crippen molar-refractivity contribution in [2.24, 2.45) is 5.73 Å². The lowest BCUT2D eigenvalue weighted by Crippen LogP contribution is -2.22. The first-order valence-electron chi connectivity index (χ1n) is 7.30. The first-order valence-corrected chi connectivity index (χ1v) is 7.30. The molecule has 1 fully saturated rings. The maximum Gasteiger partial charge on any atom is 0.217 e. The highest BCUT2D eigenvalue weighted by molar-refractivity contribution is 5.73. The molecule has 1 atom stereocenters. The summed E-state index contributed by atoms with van der Waals surface area (Å²) in [5.74, 6) is -0.184. The van der Waals surface area contributed by atoms with Crippen LogP contribution in [0.1, 0.15) is 64.2 Å². The quantitative estimate of drug-likeness (QED) is 0.612. The molecule has 0 bridgehead atoms. The molecule has 1 aliphatic rings. The molecule has 1 saturated heterocycles. The van der Waals surface area contributed by atoms with Crippen LogP contribution in [0.15, 0.2) is 0 Å². The number of primary amides is 1. The van der Waals surface area contributed by atoms with Crippen molar-refractivity contribution in [1.82, 2.24) is 0 Å². The maximum atomic E-state index is 10.5. The summed E-state index contributed by atoms with van der Waals surface area (Å²) < 4.78 is 11.2. The lowest BCUT2D eigenvalue weighted by Gasteiger charge is -2.22. The summed E-state index contributed by atoms with van der Waals surface area (Å²) in [7, 11) is 0. The van der Waals surface area contributed by atoms with Crippen molar-refractivity contribution in [3.63, 3.8) is 0 Å². The summed E-state index contributed by atoms with van der Waals surface area (Å²) in [6.07, 6.45) is 10.8. The van der Waals surface area contributed by atoms with Gasteiger partial charge in [-0.1, -0.05) is 25.7 Å². The Morgan fingerprint density at radius 1 is 1.11 bits per heavy atom. The van der Waals surface area contributed by atoms with E-state index < -0.39 is 0 Å². The number of carbonyl (C=O) groups is 1. The van der Waals surface area contributed by atoms with Crippen molar-refractivity contribution < 1.29 is 14.3 Å². The third kappa shape index (κ3) is 8.48. The van der Waals surface area contributed by atoms with Gasteiger partial charge in [-0.2, -0.15) is 0 Å². The number of hydrogen-bond donors (Lipinski definition) is 1. The standard InChI is InChI=1S/C14H27NO3/c15-13(16)9-5-3-1-2-4-7-11-17-14-10-6-8-12-18-14/h14H,1-12H2,(H2,15,16). The molecule has 1 amide bonds. The van der Waals surface area contributed by atoms with Gasteiger partial charge in [-0.05, 0) is 32.1 Å². The van der Waals surface area contributed by atoms with Gasteiger partial charge in [-0.3, -0.25) is 4.79 Å². The van der Waals surface area contributed by atoms with E-state index in [0.29, 0.717) is 6.42 Å². The van der Waals surface area contributed by atoms with E-state index in [1.807, 2.05) is 0 Å². The minimum absolute atomic E-state index is 0.0503. The van der Waals surface area contributed by atoms with Crippen LogP contribution in [0.5, 0.6) is 0 Å². The second-order valence-electron chi connectivity index (χ2n) is 5.00. The Bertz CT molecular complexity index is 215. The molecule has 18 heavy (non-hydrogen) atoms. The van der Waals surface area contributed by atoms with Crippen molar-refractivity contribution in [3.05, 3.63) is 0 Å². The Kier molecular flexibility index (Phi) is 8.86. The van der Waals surface area contributed by atoms with E-state index in [-0.39, 0.29) is 12.2 Å². The van der Waals surface area contributed by atoms with Crippen LogP contribution in [0.2, 0.25) is 0 Å². The predicted octanol–water partition coefficient (Wildman–Crippen LogP) is 2.75. The van der Waals surface area contributed by atoms with Crippen LogP contribution < -0.4 is 5.73 Å². The molecule has 4 heteroatoms. The monoisotopic (exact) mass is 257 g/mol. The second-order valence-corrected chi connectivity index (χ2v) is 5.00. The number of rotatable bonds is 10. The van der Waals surface area contributed by atoms with Gasteiger partial charge in [0.15, 0.2) is 6.29 Å². The lowest BCUT2D eigenvalue weighted by molar-refractivity contribution is -0.162. The first kappa shape index (κ1) is 15.4. The fraction of sp³-hybridized carbons (Fsp3) is 0.929. The molecule has 1 rings (SSSR count). The zero-order valence-corrected chi connectivity index (χ0v) is 11.4. The van der Waals surface area contributed by atoms with Crippen LogP contribution in [0.25, 0.3) is 0 Å². The third-order valence-electron chi connectivity index (χ3n) is 3.26. The van der Waals surface area contributed by atoms with Crippen molar-refractivity contribution in [2.75, 3.05) is 13.2 Å². The first-order chi connectivity index (χ1) is 8.79. The Morgan fingerprint density at radius 2 is 1.83 bits per heavy atom. The van der Waals surface area contributed by atoms with Crippen LogP contribution in [0.4, 0.5) is 0 Å². The molecule has 0 saturated carbocycles. The van der Waals surface area contributed by atoms with Crippen LogP contribution in [-0.2, 0) is 14.3 Å². The fourth-order valence-corrected chi connectivity index (χ4v) is 2.17. The fourth-order valence-electron chi connectivity index (χ4n) is 2.17. The van der Waals surface area contributed by atoms with Crippen LogP contribution in [-0.4, -0.2) is 25.4 Å². The number of ether oxygens (including phenoxy) is 2. The summed E-state index contributed by atoms with van der Waals surface area (Å²) in [4.78, 5) is 10.5. The maximum absolute atomic E-state index is 10.5. The van der Waals surface area contributed by atoms with Gasteiger partial charge in [0.05, 0.1) is 0 Å². The van der Waals surface area contributed by atoms with Crippen molar-refractivity contribution in [2.45, 2.75) is 70.5 Å². The average molecular weight is 257 g/mol. The number of hydrogen-bond acceptors (Lipinski definition) is 3. The molecule has 0 aromatic heterocycles. The van der Waals surface area contributed by atoms with Crippen molar-refractivity contribution in [3.8, 4) is 0 Å². The molecular formula is C14H27NO3. The Balaban J connectivity index is 1.76. The molecule has 1 unspecified atom stereocenters. The van der Waals surface area contributed by atoms with Gasteiger partial charge in [-0.15, -0.1) is 0 Å². The van der Waals surface area contributed by atoms with E-state index in [4.69, 9.17) is 15.2 Å². The molecular weight excluding hydrogens is 230 g/mol. The normalized spacial score (nSPS) is 19.9. The highest BCUT2D eigenvalue weighted by atomic mass is 16.7. The highest BCUT2D eigenvalue weighted by Gasteiger charge is 2.13. The van der Waals surface area contributed by atoms with Crippen LogP contribution in [0, 0.1) is 0 Å². The smallest absolute Gasteiger partial charge is 0.217 e. The topological polar surface area (TPSA) is 61.6 Å². The minimum atomic E-state index is -0.184. The van der Waals surface area contributed by atoms with Gasteiger partial charge in [0.25, 0.3) is 0 Å². The van der Waals surface area contributed by atoms with E-state index in [1.54, 1.807) is 0 Å². The summed E-state index contributed by atoms with van der Waals surface area (Å²) in [6, 6.07) is 0. The number of amides is 1. The SMILES string of the molecule is NC(=O)CCCCCCCCOC1CCCCO1. The molecule has 0 aromatic rings. The van der Waals surface area contributed by atoms with Crippen LogP contribution >= 0.6 is 0 Å². The molecule has 106 valence electrons. The molecule has 2 N–H and O–H groups in total. The zero-order valence-electron chi connectivity index (χ0n) is 11.4. The largest absolute Gasteiger partial charge is 0.370 e. The summed E-state index contributed by atoms with van der Waals surface area (Å²) in [6.45, 7) is 1.66. The summed E-state index contributed by atoms with van der Waals surface area (Å²) >= 11 is 0. The van der Waals surface area contributed by atoms with Gasteiger partial charge >= 0.3 is 0 Å². The second kappa shape index (κ2) is 10.3. The summed E-state index contributed by atoms with van der Waals surface area (Å²) in [5.41, 5.74) is 5.08. The molecule has 4 nitrogen and oxygen atoms in total. The molecule has 0 spiro atoms. The Hall–Kier alpha value is -0.610. The van der Waals surface area contributed by atoms with E-state index in [9.17, 15) is 4.79 Å². The van der Waals surface area contributed by atoms with E-state index in [1.165, 1.54) is 32.1 Å². The number of nitrogens with two attached hydrogens (primary N) is 1. The van der Waals surface area contributed by atoms with Crippen molar-refractivity contribution >= 4 is 5.91 Å². The van der Waals surface area contributed by atoms with Gasteiger partial charge in [0, 0.05) is 19.6 Å². The third-order valence-corrected chi connectivity index (χ3v) is 3.26. The highest BCUT2D eigenvalue weighted by Crippen LogP contribution is 2.14. The molecule has 1 heterocycles. The Morgan fingerprint density at radius 3 is 2.50 bits per heavy atom. The van der Waals surface area contributed by atoms with Crippen molar-refractivity contribution in [1.29, 1.82) is 0 Å². The molecule has 0 aliphatic carbocycles. The van der Waals surface area contributed by atoms with Gasteiger partial charge in [0.2, 0.25) is 5.91 Å². The van der Waals surface area contributed by atoms with E-state index in [0.717, 1.165) is 38.9 Å². The Labute approximate surface area is 110 Å².